The van der Waals surface area contributed by atoms with Gasteiger partial charge in [-0.05, 0) is 30.0 Å². The van der Waals surface area contributed by atoms with Crippen molar-refractivity contribution in [2.45, 2.75) is 69.3 Å². The Morgan fingerprint density at radius 2 is 1.62 bits per heavy atom. The van der Waals surface area contributed by atoms with Gasteiger partial charge in [-0.2, -0.15) is 0 Å². The Morgan fingerprint density at radius 3 is 2.27 bits per heavy atom. The first kappa shape index (κ1) is 19.4. The van der Waals surface area contributed by atoms with Crippen LogP contribution in [0.2, 0.25) is 18.6 Å². The molecule has 1 saturated heterocycles. The van der Waals surface area contributed by atoms with Gasteiger partial charge in [0.2, 0.25) is 0 Å². The van der Waals surface area contributed by atoms with Crippen molar-refractivity contribution in [1.29, 1.82) is 0 Å². The topological polar surface area (TPSA) is 9.23 Å². The van der Waals surface area contributed by atoms with Gasteiger partial charge in [-0.3, -0.25) is 0 Å². The summed E-state index contributed by atoms with van der Waals surface area (Å²) in [5, 5.41) is 0. The lowest BCUT2D eigenvalue weighted by Gasteiger charge is -2.44. The van der Waals surface area contributed by atoms with Crippen LogP contribution in [-0.4, -0.2) is 20.8 Å². The van der Waals surface area contributed by atoms with Crippen LogP contribution in [0.4, 0.5) is 0 Å². The second-order valence-electron chi connectivity index (χ2n) is 8.61. The van der Waals surface area contributed by atoms with Crippen LogP contribution in [0.15, 0.2) is 60.7 Å². The smallest absolute Gasteiger partial charge is 0.0580 e. The molecular weight excluding hydrogens is 332 g/mol. The van der Waals surface area contributed by atoms with Crippen LogP contribution < -0.4 is 0 Å². The summed E-state index contributed by atoms with van der Waals surface area (Å²) in [6, 6.07) is 23.3. The van der Waals surface area contributed by atoms with Gasteiger partial charge < -0.3 is 4.74 Å². The molecule has 3 rings (SSSR count). The molecule has 0 bridgehead atoms. The van der Waals surface area contributed by atoms with Gasteiger partial charge in [-0.25, -0.2) is 0 Å². The first-order valence-corrected chi connectivity index (χ1v) is 13.6. The molecule has 0 amide bonds. The maximum absolute atomic E-state index is 6.52. The van der Waals surface area contributed by atoms with Gasteiger partial charge in [0.25, 0.3) is 0 Å². The summed E-state index contributed by atoms with van der Waals surface area (Å²) in [7, 11) is -1.46. The van der Waals surface area contributed by atoms with E-state index >= 15 is 0 Å². The number of unbranched alkanes of at least 4 members (excludes halogenated alkanes) is 1. The molecule has 1 unspecified atom stereocenters. The number of hydrogen-bond acceptors (Lipinski definition) is 1. The van der Waals surface area contributed by atoms with E-state index in [0.29, 0.717) is 12.0 Å². The highest BCUT2D eigenvalue weighted by molar-refractivity contribution is 6.78. The quantitative estimate of drug-likeness (QED) is 0.501. The molecule has 1 aliphatic heterocycles. The molecule has 0 aromatic heterocycles. The Balaban J connectivity index is 1.79. The molecule has 2 aromatic rings. The van der Waals surface area contributed by atoms with Gasteiger partial charge in [-0.15, -0.1) is 0 Å². The van der Waals surface area contributed by atoms with Crippen LogP contribution in [0.5, 0.6) is 0 Å². The Labute approximate surface area is 160 Å². The fraction of sp³-hybridized carbons (Fsp3) is 0.500. The third kappa shape index (κ3) is 4.86. The highest BCUT2D eigenvalue weighted by Gasteiger charge is 2.42. The predicted molar refractivity (Wildman–Crippen MR) is 114 cm³/mol. The van der Waals surface area contributed by atoms with Gasteiger partial charge >= 0.3 is 0 Å². The summed E-state index contributed by atoms with van der Waals surface area (Å²) in [5.41, 5.74) is 3.68. The molecule has 2 heteroatoms. The summed E-state index contributed by atoms with van der Waals surface area (Å²) in [4.78, 5) is 0. The van der Waals surface area contributed by atoms with Crippen molar-refractivity contribution in [1.82, 2.24) is 0 Å². The molecule has 140 valence electrons. The lowest BCUT2D eigenvalue weighted by atomic mass is 9.89. The maximum Gasteiger partial charge on any atom is 0.0580 e. The molecule has 0 aliphatic carbocycles. The van der Waals surface area contributed by atoms with Crippen molar-refractivity contribution >= 4 is 8.07 Å². The Kier molecular flexibility index (Phi) is 6.72. The Hall–Kier alpha value is -1.38. The lowest BCUT2D eigenvalue weighted by Crippen LogP contribution is -2.46. The lowest BCUT2D eigenvalue weighted by molar-refractivity contribution is -0.00365. The van der Waals surface area contributed by atoms with Gasteiger partial charge in [0.05, 0.1) is 20.8 Å². The van der Waals surface area contributed by atoms with Crippen LogP contribution in [-0.2, 0) is 10.8 Å². The fourth-order valence-corrected chi connectivity index (χ4v) is 8.35. The van der Waals surface area contributed by atoms with Crippen molar-refractivity contribution in [3.63, 3.8) is 0 Å². The molecule has 0 spiro atoms. The molecule has 1 aliphatic rings. The van der Waals surface area contributed by atoms with E-state index in [9.17, 15) is 0 Å². The van der Waals surface area contributed by atoms with E-state index in [1.807, 2.05) is 0 Å². The van der Waals surface area contributed by atoms with Crippen LogP contribution in [0, 0.1) is 0 Å². The minimum absolute atomic E-state index is 0.459. The molecule has 1 heterocycles. The summed E-state index contributed by atoms with van der Waals surface area (Å²) in [6.07, 6.45) is 5.53. The molecule has 0 saturated carbocycles. The number of hydrogen-bond donors (Lipinski definition) is 0. The SMILES string of the molecule is CCCC[C@@H]1OCC(c2ccccc2)C[C@H]1[Si](C)(C)Cc1ccccc1. The highest BCUT2D eigenvalue weighted by atomic mass is 28.3. The zero-order valence-electron chi connectivity index (χ0n) is 16.7. The normalized spacial score (nSPS) is 23.7. The zero-order chi connectivity index (χ0) is 18.4. The number of benzene rings is 2. The predicted octanol–water partition coefficient (Wildman–Crippen LogP) is 6.61. The van der Waals surface area contributed by atoms with Crippen molar-refractivity contribution < 1.29 is 4.74 Å². The molecule has 0 radical (unpaired) electrons. The number of ether oxygens (including phenoxy) is 1. The summed E-state index contributed by atoms with van der Waals surface area (Å²) < 4.78 is 6.52. The average molecular weight is 367 g/mol. The number of rotatable bonds is 7. The molecular formula is C24H34OSi. The van der Waals surface area contributed by atoms with E-state index in [-0.39, 0.29) is 0 Å². The monoisotopic (exact) mass is 366 g/mol. The first-order valence-electron chi connectivity index (χ1n) is 10.3. The van der Waals surface area contributed by atoms with Crippen LogP contribution in [0.3, 0.4) is 0 Å². The summed E-state index contributed by atoms with van der Waals surface area (Å²) in [6.45, 7) is 8.35. The van der Waals surface area contributed by atoms with E-state index in [0.717, 1.165) is 12.1 Å². The van der Waals surface area contributed by atoms with Crippen molar-refractivity contribution in [2.24, 2.45) is 0 Å². The Bertz CT molecular complexity index is 652. The molecule has 2 aromatic carbocycles. The van der Waals surface area contributed by atoms with Gasteiger partial charge in [0.1, 0.15) is 0 Å². The van der Waals surface area contributed by atoms with Crippen molar-refractivity contribution in [3.8, 4) is 0 Å². The third-order valence-corrected chi connectivity index (χ3v) is 10.1. The molecule has 0 N–H and O–H groups in total. The van der Waals surface area contributed by atoms with E-state index in [2.05, 4.69) is 80.7 Å². The van der Waals surface area contributed by atoms with Crippen LogP contribution in [0.25, 0.3) is 0 Å². The third-order valence-electron chi connectivity index (χ3n) is 6.12. The van der Waals surface area contributed by atoms with Crippen molar-refractivity contribution in [2.75, 3.05) is 6.61 Å². The zero-order valence-corrected chi connectivity index (χ0v) is 17.7. The van der Waals surface area contributed by atoms with E-state index in [4.69, 9.17) is 4.74 Å². The van der Waals surface area contributed by atoms with E-state index < -0.39 is 8.07 Å². The van der Waals surface area contributed by atoms with Gasteiger partial charge in [-0.1, -0.05) is 99.1 Å². The second kappa shape index (κ2) is 9.01. The highest BCUT2D eigenvalue weighted by Crippen LogP contribution is 2.44. The largest absolute Gasteiger partial charge is 0.378 e. The van der Waals surface area contributed by atoms with Gasteiger partial charge in [0.15, 0.2) is 0 Å². The van der Waals surface area contributed by atoms with Crippen LogP contribution in [0.1, 0.15) is 49.7 Å². The molecule has 3 atom stereocenters. The minimum Gasteiger partial charge on any atom is -0.378 e. The Morgan fingerprint density at radius 1 is 0.962 bits per heavy atom. The van der Waals surface area contributed by atoms with E-state index in [1.54, 1.807) is 0 Å². The fourth-order valence-electron chi connectivity index (χ4n) is 4.60. The standard InChI is InChI=1S/C24H34OSi/c1-4-5-16-23-24(26(2,3)19-20-12-8-6-9-13-20)17-22(18-25-23)21-14-10-7-11-15-21/h6-15,22-24H,4-5,16-19H2,1-3H3/t22?,23-,24+/m0/s1. The first-order chi connectivity index (χ1) is 12.6. The molecule has 1 nitrogen and oxygen atoms in total. The second-order valence-corrected chi connectivity index (χ2v) is 13.7. The molecule has 1 fully saturated rings. The van der Waals surface area contributed by atoms with Crippen molar-refractivity contribution in [3.05, 3.63) is 71.8 Å². The average Bonchev–Trinajstić information content (AvgIpc) is 2.67. The molecule has 26 heavy (non-hydrogen) atoms. The van der Waals surface area contributed by atoms with Gasteiger partial charge in [0, 0.05) is 5.92 Å². The van der Waals surface area contributed by atoms with E-state index in [1.165, 1.54) is 42.9 Å². The minimum atomic E-state index is -1.46. The summed E-state index contributed by atoms with van der Waals surface area (Å²) >= 11 is 0. The summed E-state index contributed by atoms with van der Waals surface area (Å²) in [5.74, 6) is 0.557. The van der Waals surface area contributed by atoms with Crippen LogP contribution >= 0.6 is 0 Å². The maximum atomic E-state index is 6.52.